The van der Waals surface area contributed by atoms with Gasteiger partial charge < -0.3 is 24.7 Å². The first-order chi connectivity index (χ1) is 17.9. The number of aromatic nitrogens is 3. The molecule has 2 aromatic carbocycles. The Morgan fingerprint density at radius 1 is 0.947 bits per heavy atom. The van der Waals surface area contributed by atoms with E-state index in [0.717, 1.165) is 5.52 Å². The summed E-state index contributed by atoms with van der Waals surface area (Å²) in [6, 6.07) is 11.6. The number of rotatable bonds is 6. The van der Waals surface area contributed by atoms with Crippen LogP contribution in [0, 0.1) is 0 Å². The summed E-state index contributed by atoms with van der Waals surface area (Å²) in [5, 5.41) is 5.37. The molecule has 8 nitrogen and oxygen atoms in total. The van der Waals surface area contributed by atoms with Crippen LogP contribution in [0.3, 0.4) is 0 Å². The number of imidazole rings is 1. The number of amidine groups is 1. The van der Waals surface area contributed by atoms with Crippen molar-refractivity contribution in [3.8, 4) is 17.2 Å². The molecule has 5 rings (SSSR count). The number of nitrogens with zero attached hydrogens (tertiary/aromatic N) is 4. The van der Waals surface area contributed by atoms with Gasteiger partial charge in [-0.15, -0.1) is 13.2 Å². The molecular weight excluding hydrogens is 518 g/mol. The number of alkyl halides is 6. The topological polar surface area (TPSA) is 85.6 Å². The zero-order chi connectivity index (χ0) is 27.1. The molecule has 0 saturated heterocycles. The number of benzene rings is 2. The number of aliphatic imine (C=N–C) groups is 1. The Morgan fingerprint density at radius 2 is 1.66 bits per heavy atom. The highest BCUT2D eigenvalue weighted by Crippen LogP contribution is 2.30. The number of hydrogen-bond acceptors (Lipinski definition) is 7. The second-order valence-electron chi connectivity index (χ2n) is 8.25. The molecule has 0 bridgehead atoms. The number of aryl methyl sites for hydroxylation is 1. The number of hydrogen-bond donors (Lipinski definition) is 2. The fraction of sp³-hybridized carbons (Fsp3) is 0.208. The van der Waals surface area contributed by atoms with Crippen LogP contribution in [-0.4, -0.2) is 45.5 Å². The summed E-state index contributed by atoms with van der Waals surface area (Å²) in [6.45, 7) is -0.427. The first-order valence-electron chi connectivity index (χ1n) is 11.1. The quantitative estimate of drug-likeness (QED) is 0.309. The van der Waals surface area contributed by atoms with Gasteiger partial charge in [0.2, 0.25) is 5.95 Å². The summed E-state index contributed by atoms with van der Waals surface area (Å²) in [4.78, 5) is 12.5. The van der Waals surface area contributed by atoms with Crippen molar-refractivity contribution in [2.45, 2.75) is 18.6 Å². The second kappa shape index (κ2) is 9.43. The van der Waals surface area contributed by atoms with Crippen molar-refractivity contribution in [2.24, 2.45) is 12.0 Å². The summed E-state index contributed by atoms with van der Waals surface area (Å²) in [5.41, 5.74) is 2.02. The van der Waals surface area contributed by atoms with Gasteiger partial charge in [0, 0.05) is 31.1 Å². The van der Waals surface area contributed by atoms with Crippen LogP contribution < -0.4 is 20.1 Å². The van der Waals surface area contributed by atoms with Crippen LogP contribution in [0.4, 0.5) is 38.0 Å². The van der Waals surface area contributed by atoms with Crippen molar-refractivity contribution < 1.29 is 35.8 Å². The van der Waals surface area contributed by atoms with E-state index in [4.69, 9.17) is 4.74 Å². The molecule has 1 atom stereocenters. The van der Waals surface area contributed by atoms with Crippen molar-refractivity contribution in [1.29, 1.82) is 0 Å². The minimum Gasteiger partial charge on any atom is -0.457 e. The van der Waals surface area contributed by atoms with Gasteiger partial charge in [-0.2, -0.15) is 13.2 Å². The molecule has 0 radical (unpaired) electrons. The smallest absolute Gasteiger partial charge is 0.457 e. The molecule has 1 unspecified atom stereocenters. The molecule has 0 fully saturated rings. The molecule has 3 heterocycles. The van der Waals surface area contributed by atoms with Gasteiger partial charge in [-0.1, -0.05) is 0 Å². The highest BCUT2D eigenvalue weighted by Gasteiger charge is 2.42. The standard InChI is InChI=1S/C24H18F6N6O2/c1-36-19-7-6-15(37-16-8-9-31-18(11-16)21-32-12-20(35-21)23(25,26)27)10-17(19)34-22(36)33-13-2-4-14(5-3-13)38-24(28,29)30/h2-11,20H,12H2,1H3,(H,32,35)(H,33,34). The zero-order valence-corrected chi connectivity index (χ0v) is 19.4. The molecular formula is C24H18F6N6O2. The number of nitrogens with one attached hydrogen (secondary N) is 2. The maximum absolute atomic E-state index is 12.9. The summed E-state index contributed by atoms with van der Waals surface area (Å²) >= 11 is 0. The van der Waals surface area contributed by atoms with E-state index in [9.17, 15) is 26.3 Å². The van der Waals surface area contributed by atoms with Crippen LogP contribution in [0.2, 0.25) is 0 Å². The number of halogens is 6. The Hall–Kier alpha value is -4.49. The number of anilines is 2. The highest BCUT2D eigenvalue weighted by atomic mass is 19.4. The van der Waals surface area contributed by atoms with Crippen molar-refractivity contribution in [3.63, 3.8) is 0 Å². The molecule has 4 aromatic rings. The Bertz CT molecular complexity index is 1500. The van der Waals surface area contributed by atoms with Crippen LogP contribution in [0.1, 0.15) is 5.69 Å². The molecule has 2 N–H and O–H groups in total. The van der Waals surface area contributed by atoms with Crippen molar-refractivity contribution in [2.75, 3.05) is 11.9 Å². The lowest BCUT2D eigenvalue weighted by Crippen LogP contribution is -2.42. The molecule has 38 heavy (non-hydrogen) atoms. The van der Waals surface area contributed by atoms with Crippen LogP contribution in [-0.2, 0) is 7.05 Å². The highest BCUT2D eigenvalue weighted by molar-refractivity contribution is 5.98. The molecule has 0 spiro atoms. The predicted molar refractivity (Wildman–Crippen MR) is 126 cm³/mol. The predicted octanol–water partition coefficient (Wildman–Crippen LogP) is 5.68. The third kappa shape index (κ3) is 5.58. The van der Waals surface area contributed by atoms with Gasteiger partial charge in [0.15, 0.2) is 0 Å². The fourth-order valence-electron chi connectivity index (χ4n) is 3.74. The molecule has 1 aliphatic heterocycles. The molecule has 1 aliphatic rings. The maximum atomic E-state index is 12.9. The van der Waals surface area contributed by atoms with Crippen LogP contribution in [0.5, 0.6) is 17.2 Å². The van der Waals surface area contributed by atoms with Gasteiger partial charge in [0.25, 0.3) is 0 Å². The number of ether oxygens (including phenoxy) is 2. The normalized spacial score (nSPS) is 15.8. The third-order valence-electron chi connectivity index (χ3n) is 5.54. The fourth-order valence-corrected chi connectivity index (χ4v) is 3.74. The molecule has 198 valence electrons. The van der Waals surface area contributed by atoms with Crippen LogP contribution in [0.25, 0.3) is 11.0 Å². The average molecular weight is 536 g/mol. The molecule has 0 aliphatic carbocycles. The minimum absolute atomic E-state index is 0.0340. The zero-order valence-electron chi connectivity index (χ0n) is 19.4. The molecule has 0 saturated carbocycles. The van der Waals surface area contributed by atoms with Gasteiger partial charge in [-0.05, 0) is 42.5 Å². The van der Waals surface area contributed by atoms with E-state index in [1.165, 1.54) is 36.5 Å². The van der Waals surface area contributed by atoms with E-state index < -0.39 is 25.1 Å². The summed E-state index contributed by atoms with van der Waals surface area (Å²) in [5.74, 6) is 0.876. The Morgan fingerprint density at radius 3 is 2.34 bits per heavy atom. The SMILES string of the molecule is Cn1c(Nc2ccc(OC(F)(F)F)cc2)nc2cc(Oc3ccnc(C4=NCC(C(F)(F)F)N4)c3)ccc21. The largest absolute Gasteiger partial charge is 0.573 e. The summed E-state index contributed by atoms with van der Waals surface area (Å²) in [7, 11) is 1.76. The van der Waals surface area contributed by atoms with Gasteiger partial charge in [0.05, 0.1) is 17.6 Å². The van der Waals surface area contributed by atoms with E-state index in [1.807, 2.05) is 0 Å². The first kappa shape index (κ1) is 25.2. The lowest BCUT2D eigenvalue weighted by molar-refractivity contribution is -0.274. The molecule has 14 heteroatoms. The number of pyridine rings is 1. The summed E-state index contributed by atoms with van der Waals surface area (Å²) < 4.78 is 87.4. The lowest BCUT2D eigenvalue weighted by atomic mass is 10.2. The second-order valence-corrected chi connectivity index (χ2v) is 8.25. The minimum atomic E-state index is -4.78. The Labute approximate surface area is 210 Å². The maximum Gasteiger partial charge on any atom is 0.573 e. The third-order valence-corrected chi connectivity index (χ3v) is 5.54. The monoisotopic (exact) mass is 536 g/mol. The van der Waals surface area contributed by atoms with Crippen LogP contribution in [0.15, 0.2) is 65.8 Å². The lowest BCUT2D eigenvalue weighted by Gasteiger charge is -2.15. The average Bonchev–Trinajstić information content (AvgIpc) is 3.45. The summed E-state index contributed by atoms with van der Waals surface area (Å²) in [6.07, 6.45) is -7.79. The van der Waals surface area contributed by atoms with Crippen LogP contribution >= 0.6 is 0 Å². The Balaban J connectivity index is 1.30. The van der Waals surface area contributed by atoms with Crippen molar-refractivity contribution >= 4 is 28.5 Å². The van der Waals surface area contributed by atoms with Gasteiger partial charge in [-0.25, -0.2) is 4.98 Å². The van der Waals surface area contributed by atoms with E-state index >= 15 is 0 Å². The number of fused-ring (bicyclic) bond motifs is 1. The van der Waals surface area contributed by atoms with Crippen molar-refractivity contribution in [3.05, 3.63) is 66.5 Å². The van der Waals surface area contributed by atoms with Crippen molar-refractivity contribution in [1.82, 2.24) is 19.9 Å². The van der Waals surface area contributed by atoms with Gasteiger partial charge >= 0.3 is 12.5 Å². The van der Waals surface area contributed by atoms with E-state index in [-0.39, 0.29) is 17.3 Å². The van der Waals surface area contributed by atoms with E-state index in [1.54, 1.807) is 35.9 Å². The van der Waals surface area contributed by atoms with Gasteiger partial charge in [0.1, 0.15) is 34.8 Å². The van der Waals surface area contributed by atoms with E-state index in [0.29, 0.717) is 28.7 Å². The van der Waals surface area contributed by atoms with E-state index in [2.05, 4.69) is 30.3 Å². The first-order valence-corrected chi connectivity index (χ1v) is 11.1. The Kier molecular flexibility index (Phi) is 6.25. The van der Waals surface area contributed by atoms with Gasteiger partial charge in [-0.3, -0.25) is 9.98 Å². The molecule has 0 amide bonds. The molecule has 2 aromatic heterocycles.